The molecule has 0 aromatic carbocycles. The van der Waals surface area contributed by atoms with Gasteiger partial charge in [0.2, 0.25) is 0 Å². The molecule has 0 bridgehead atoms. The van der Waals surface area contributed by atoms with Gasteiger partial charge in [0.15, 0.2) is 0 Å². The number of aliphatic hydroxyl groups is 1. The lowest BCUT2D eigenvalue weighted by molar-refractivity contribution is 0.225. The first kappa shape index (κ1) is 11.3. The number of nitrogens with one attached hydrogen (secondary N) is 1. The molecule has 0 rings (SSSR count). The maximum atomic E-state index is 9.55. The highest BCUT2D eigenvalue weighted by atomic mass is 16.3. The van der Waals surface area contributed by atoms with Gasteiger partial charge in [0.25, 0.3) is 0 Å². The Kier molecular flexibility index (Phi) is 8.49. The van der Waals surface area contributed by atoms with Crippen molar-refractivity contribution in [3.63, 3.8) is 0 Å². The van der Waals surface area contributed by atoms with E-state index in [2.05, 4.69) is 17.2 Å². The number of nitrogens with two attached hydrogens (primary N) is 3. The van der Waals surface area contributed by atoms with Gasteiger partial charge in [0.1, 0.15) is 6.73 Å². The van der Waals surface area contributed by atoms with Crippen molar-refractivity contribution in [1.29, 1.82) is 0 Å². The first-order chi connectivity index (χ1) is 4.50. The Hall–Kier alpha value is -1.50. The molecule has 4 amide bonds. The zero-order chi connectivity index (χ0) is 8.57. The summed E-state index contributed by atoms with van der Waals surface area (Å²) >= 11 is 0. The van der Waals surface area contributed by atoms with Gasteiger partial charge in [-0.15, -0.1) is 0 Å². The molecular weight excluding hydrogens is 140 g/mol. The van der Waals surface area contributed by atoms with Crippen molar-refractivity contribution in [1.82, 2.24) is 5.32 Å². The van der Waals surface area contributed by atoms with Crippen molar-refractivity contribution in [3.05, 3.63) is 0 Å². The average molecular weight is 150 g/mol. The maximum Gasteiger partial charge on any atom is 0.313 e. The molecule has 0 aliphatic carbocycles. The SMILES string of the molecule is NC(=O)NCO.NC(N)=O. The van der Waals surface area contributed by atoms with Gasteiger partial charge in [-0.2, -0.15) is 0 Å². The van der Waals surface area contributed by atoms with Crippen LogP contribution in [-0.2, 0) is 0 Å². The molecule has 10 heavy (non-hydrogen) atoms. The minimum absolute atomic E-state index is 0.394. The molecule has 7 heteroatoms. The molecule has 0 aliphatic heterocycles. The van der Waals surface area contributed by atoms with E-state index >= 15 is 0 Å². The van der Waals surface area contributed by atoms with Gasteiger partial charge >= 0.3 is 12.1 Å². The Morgan fingerprint density at radius 2 is 1.60 bits per heavy atom. The summed E-state index contributed by atoms with van der Waals surface area (Å²) in [4.78, 5) is 18.6. The number of carbonyl (C=O) groups excluding carboxylic acids is 2. The molecule has 0 radical (unpaired) electrons. The summed E-state index contributed by atoms with van der Waals surface area (Å²) < 4.78 is 0. The van der Waals surface area contributed by atoms with E-state index in [1.807, 2.05) is 5.32 Å². The maximum absolute atomic E-state index is 9.55. The summed E-state index contributed by atoms with van der Waals surface area (Å²) in [5.41, 5.74) is 13.0. The van der Waals surface area contributed by atoms with Crippen molar-refractivity contribution in [3.8, 4) is 0 Å². The number of aliphatic hydroxyl groups excluding tert-OH is 1. The molecule has 0 atom stereocenters. The first-order valence-electron chi connectivity index (χ1n) is 2.19. The van der Waals surface area contributed by atoms with Gasteiger partial charge in [-0.3, -0.25) is 0 Å². The summed E-state index contributed by atoms with van der Waals surface area (Å²) in [5, 5.41) is 9.73. The third kappa shape index (κ3) is 87.4. The molecule has 8 N–H and O–H groups in total. The topological polar surface area (TPSA) is 144 Å². The molecular formula is C3H10N4O3. The van der Waals surface area contributed by atoms with Crippen LogP contribution >= 0.6 is 0 Å². The number of hydrogen-bond donors (Lipinski definition) is 5. The van der Waals surface area contributed by atoms with Crippen LogP contribution in [-0.4, -0.2) is 23.9 Å². The van der Waals surface area contributed by atoms with Crippen molar-refractivity contribution in [2.24, 2.45) is 17.2 Å². The zero-order valence-corrected chi connectivity index (χ0v) is 5.20. The summed E-state index contributed by atoms with van der Waals surface area (Å²) in [7, 11) is 0. The lowest BCUT2D eigenvalue weighted by Gasteiger charge is -1.88. The third-order valence-corrected chi connectivity index (χ3v) is 0.253. The van der Waals surface area contributed by atoms with Crippen LogP contribution in [0.15, 0.2) is 0 Å². The highest BCUT2D eigenvalue weighted by Crippen LogP contribution is 1.45. The highest BCUT2D eigenvalue weighted by molar-refractivity contribution is 5.71. The van der Waals surface area contributed by atoms with Crippen molar-refractivity contribution >= 4 is 12.1 Å². The third-order valence-electron chi connectivity index (χ3n) is 0.253. The van der Waals surface area contributed by atoms with Crippen LogP contribution in [0.4, 0.5) is 9.59 Å². The van der Waals surface area contributed by atoms with Crippen LogP contribution in [0.2, 0.25) is 0 Å². The van der Waals surface area contributed by atoms with E-state index in [1.54, 1.807) is 0 Å². The summed E-state index contributed by atoms with van der Waals surface area (Å²) in [6.07, 6.45) is 0. The van der Waals surface area contributed by atoms with E-state index in [4.69, 9.17) is 9.90 Å². The second kappa shape index (κ2) is 7.50. The quantitative estimate of drug-likeness (QED) is 0.266. The standard InChI is InChI=1S/C2H6N2O2.CH4N2O/c3-2(6)4-1-5;2-1(3)4/h5H,1H2,(H3,3,4,6);(H4,2,3,4). The molecule has 0 unspecified atom stereocenters. The Balaban J connectivity index is 0. The number of primary amides is 3. The lowest BCUT2D eigenvalue weighted by Crippen LogP contribution is -2.29. The second-order valence-electron chi connectivity index (χ2n) is 1.10. The lowest BCUT2D eigenvalue weighted by atomic mass is 11.0. The predicted molar refractivity (Wildman–Crippen MR) is 33.6 cm³/mol. The Morgan fingerprint density at radius 1 is 1.30 bits per heavy atom. The summed E-state index contributed by atoms with van der Waals surface area (Å²) in [6, 6.07) is -1.54. The van der Waals surface area contributed by atoms with Crippen LogP contribution in [0, 0.1) is 0 Å². The average Bonchev–Trinajstić information content (AvgIpc) is 1.62. The summed E-state index contributed by atoms with van der Waals surface area (Å²) in [6.45, 7) is -0.394. The van der Waals surface area contributed by atoms with Gasteiger partial charge in [0, 0.05) is 0 Å². The molecule has 0 aromatic rings. The van der Waals surface area contributed by atoms with E-state index in [1.165, 1.54) is 0 Å². The minimum Gasteiger partial charge on any atom is -0.376 e. The van der Waals surface area contributed by atoms with Crippen molar-refractivity contribution < 1.29 is 14.7 Å². The Bertz CT molecular complexity index is 110. The van der Waals surface area contributed by atoms with Crippen LogP contribution in [0.5, 0.6) is 0 Å². The Labute approximate surface area is 57.2 Å². The van der Waals surface area contributed by atoms with Gasteiger partial charge in [-0.25, -0.2) is 9.59 Å². The monoisotopic (exact) mass is 150 g/mol. The number of hydrogen-bond acceptors (Lipinski definition) is 3. The molecule has 0 saturated carbocycles. The number of urea groups is 2. The second-order valence-corrected chi connectivity index (χ2v) is 1.10. The summed E-state index contributed by atoms with van der Waals surface area (Å²) in [5.74, 6) is 0. The number of carbonyl (C=O) groups is 2. The highest BCUT2D eigenvalue weighted by Gasteiger charge is 1.80. The van der Waals surface area contributed by atoms with E-state index < -0.39 is 18.8 Å². The fourth-order valence-corrected chi connectivity index (χ4v) is 0.0779. The van der Waals surface area contributed by atoms with Gasteiger partial charge in [-0.1, -0.05) is 0 Å². The molecule has 0 aliphatic rings. The fourth-order valence-electron chi connectivity index (χ4n) is 0.0779. The van der Waals surface area contributed by atoms with Crippen molar-refractivity contribution in [2.45, 2.75) is 0 Å². The molecule has 0 fully saturated rings. The molecule has 60 valence electrons. The molecule has 0 spiro atoms. The minimum atomic E-state index is -0.833. The van der Waals surface area contributed by atoms with E-state index in [-0.39, 0.29) is 0 Å². The smallest absolute Gasteiger partial charge is 0.313 e. The predicted octanol–water partition coefficient (Wildman–Crippen LogP) is -2.37. The Morgan fingerprint density at radius 3 is 1.60 bits per heavy atom. The number of rotatable bonds is 1. The van der Waals surface area contributed by atoms with Crippen molar-refractivity contribution in [2.75, 3.05) is 6.73 Å². The van der Waals surface area contributed by atoms with Crippen LogP contribution in [0.25, 0.3) is 0 Å². The van der Waals surface area contributed by atoms with E-state index in [9.17, 15) is 4.79 Å². The van der Waals surface area contributed by atoms with E-state index in [0.29, 0.717) is 0 Å². The normalized spacial score (nSPS) is 6.90. The molecule has 0 aromatic heterocycles. The van der Waals surface area contributed by atoms with Gasteiger partial charge in [0.05, 0.1) is 0 Å². The molecule has 0 saturated heterocycles. The van der Waals surface area contributed by atoms with E-state index in [0.717, 1.165) is 0 Å². The fraction of sp³-hybridized carbons (Fsp3) is 0.333. The van der Waals surface area contributed by atoms with Gasteiger partial charge < -0.3 is 27.6 Å². The van der Waals surface area contributed by atoms with Crippen LogP contribution in [0.3, 0.4) is 0 Å². The number of amides is 4. The largest absolute Gasteiger partial charge is 0.376 e. The molecule has 0 heterocycles. The first-order valence-corrected chi connectivity index (χ1v) is 2.19. The van der Waals surface area contributed by atoms with Crippen LogP contribution in [0.1, 0.15) is 0 Å². The van der Waals surface area contributed by atoms with Gasteiger partial charge in [-0.05, 0) is 0 Å². The zero-order valence-electron chi connectivity index (χ0n) is 5.20. The van der Waals surface area contributed by atoms with Crippen LogP contribution < -0.4 is 22.5 Å². The molecule has 7 nitrogen and oxygen atoms in total.